The van der Waals surface area contributed by atoms with Gasteiger partial charge in [-0.25, -0.2) is 9.78 Å². The second kappa shape index (κ2) is 10.7. The van der Waals surface area contributed by atoms with Crippen LogP contribution < -0.4 is 9.64 Å². The number of hydrogen-bond acceptors (Lipinski definition) is 6. The molecule has 0 radical (unpaired) electrons. The minimum Gasteiger partial charge on any atom is -0.476 e. The summed E-state index contributed by atoms with van der Waals surface area (Å²) in [6.45, 7) is 12.9. The predicted molar refractivity (Wildman–Crippen MR) is 132 cm³/mol. The summed E-state index contributed by atoms with van der Waals surface area (Å²) in [5.74, 6) is 0.792. The highest BCUT2D eigenvalue weighted by Crippen LogP contribution is 2.34. The Kier molecular flexibility index (Phi) is 8.36. The van der Waals surface area contributed by atoms with E-state index in [0.29, 0.717) is 35.7 Å². The zero-order valence-electron chi connectivity index (χ0n) is 20.6. The van der Waals surface area contributed by atoms with Crippen LogP contribution in [0.15, 0.2) is 28.9 Å². The van der Waals surface area contributed by atoms with Gasteiger partial charge >= 0.3 is 12.1 Å². The molecule has 3 rings (SSSR count). The molecule has 0 bridgehead atoms. The summed E-state index contributed by atoms with van der Waals surface area (Å²) in [4.78, 5) is 20.6. The third-order valence-electron chi connectivity index (χ3n) is 5.87. The molecule has 35 heavy (non-hydrogen) atoms. The molecule has 1 saturated heterocycles. The molecular formula is C25H31BrF3N3O3. The van der Waals surface area contributed by atoms with Gasteiger partial charge in [0.15, 0.2) is 5.60 Å². The van der Waals surface area contributed by atoms with Gasteiger partial charge < -0.3 is 14.4 Å². The molecule has 1 aliphatic rings. The largest absolute Gasteiger partial charge is 0.476 e. The van der Waals surface area contributed by atoms with Crippen molar-refractivity contribution in [1.29, 1.82) is 0 Å². The number of aromatic nitrogens is 1. The second-order valence-corrected chi connectivity index (χ2v) is 10.0. The number of benzene rings is 1. The SMILES string of the molecule is CCOC(=O)C(C)(C)Oc1c(C)cc(CN2CCN(c3ncc(C(F)(F)F)cc3Br)CC2)cc1C. The fraction of sp³-hybridized carbons (Fsp3) is 0.520. The molecule has 0 amide bonds. The Morgan fingerprint density at radius 1 is 1.09 bits per heavy atom. The summed E-state index contributed by atoms with van der Waals surface area (Å²) in [5, 5.41) is 0. The highest BCUT2D eigenvalue weighted by molar-refractivity contribution is 9.10. The average molecular weight is 558 g/mol. The van der Waals surface area contributed by atoms with Gasteiger partial charge in [0.05, 0.1) is 16.6 Å². The van der Waals surface area contributed by atoms with Gasteiger partial charge in [-0.3, -0.25) is 4.90 Å². The van der Waals surface area contributed by atoms with Gasteiger partial charge in [-0.05, 0) is 73.3 Å². The van der Waals surface area contributed by atoms with Gasteiger partial charge in [-0.2, -0.15) is 13.2 Å². The maximum absolute atomic E-state index is 12.9. The molecule has 1 aliphatic heterocycles. The number of esters is 1. The van der Waals surface area contributed by atoms with Crippen molar-refractivity contribution in [3.05, 3.63) is 51.1 Å². The maximum Gasteiger partial charge on any atom is 0.417 e. The summed E-state index contributed by atoms with van der Waals surface area (Å²) in [6, 6.07) is 5.20. The van der Waals surface area contributed by atoms with Crippen LogP contribution in [0.4, 0.5) is 19.0 Å². The topological polar surface area (TPSA) is 54.9 Å². The summed E-state index contributed by atoms with van der Waals surface area (Å²) in [7, 11) is 0. The lowest BCUT2D eigenvalue weighted by molar-refractivity contribution is -0.158. The summed E-state index contributed by atoms with van der Waals surface area (Å²) < 4.78 is 50.3. The molecule has 0 spiro atoms. The molecule has 1 fully saturated rings. The van der Waals surface area contributed by atoms with Crippen LogP contribution >= 0.6 is 15.9 Å². The number of hydrogen-bond donors (Lipinski definition) is 0. The predicted octanol–water partition coefficient (Wildman–Crippen LogP) is 5.52. The van der Waals surface area contributed by atoms with Crippen LogP contribution in [0.2, 0.25) is 0 Å². The van der Waals surface area contributed by atoms with Gasteiger partial charge in [0.25, 0.3) is 0 Å². The van der Waals surface area contributed by atoms with Gasteiger partial charge in [-0.15, -0.1) is 0 Å². The van der Waals surface area contributed by atoms with E-state index in [1.54, 1.807) is 20.8 Å². The Balaban J connectivity index is 1.63. The molecule has 1 aromatic heterocycles. The Hall–Kier alpha value is -2.33. The van der Waals surface area contributed by atoms with Crippen molar-refractivity contribution in [3.8, 4) is 5.75 Å². The highest BCUT2D eigenvalue weighted by atomic mass is 79.9. The molecule has 6 nitrogen and oxygen atoms in total. The number of rotatable bonds is 7. The number of carbonyl (C=O) groups is 1. The number of pyridine rings is 1. The molecule has 0 saturated carbocycles. The van der Waals surface area contributed by atoms with E-state index in [1.807, 2.05) is 18.7 Å². The van der Waals surface area contributed by atoms with E-state index >= 15 is 0 Å². The molecule has 1 aromatic carbocycles. The van der Waals surface area contributed by atoms with Crippen molar-refractivity contribution in [2.45, 2.75) is 52.9 Å². The first-order valence-electron chi connectivity index (χ1n) is 11.5. The van der Waals surface area contributed by atoms with Gasteiger partial charge in [0.2, 0.25) is 0 Å². The van der Waals surface area contributed by atoms with Crippen LogP contribution in [-0.2, 0) is 22.3 Å². The number of carbonyl (C=O) groups excluding carboxylic acids is 1. The fourth-order valence-electron chi connectivity index (χ4n) is 4.09. The minimum atomic E-state index is -4.42. The van der Waals surface area contributed by atoms with Crippen LogP contribution in [-0.4, -0.2) is 54.2 Å². The lowest BCUT2D eigenvalue weighted by Crippen LogP contribution is -2.46. The molecule has 0 aliphatic carbocycles. The smallest absolute Gasteiger partial charge is 0.417 e. The van der Waals surface area contributed by atoms with Crippen molar-refractivity contribution in [2.75, 3.05) is 37.7 Å². The Labute approximate surface area is 212 Å². The number of anilines is 1. The van der Waals surface area contributed by atoms with E-state index in [1.165, 1.54) is 0 Å². The van der Waals surface area contributed by atoms with Crippen LogP contribution in [0.5, 0.6) is 5.75 Å². The standard InChI is InChI=1S/C25H31BrF3N3O3/c1-6-34-23(33)24(4,5)35-21-16(2)11-18(12-17(21)3)15-31-7-9-32(10-8-31)22-20(26)13-19(14-30-22)25(27,28)29/h11-14H,6-10,15H2,1-5H3. The van der Waals surface area contributed by atoms with Crippen molar-refractivity contribution in [2.24, 2.45) is 0 Å². The summed E-state index contributed by atoms with van der Waals surface area (Å²) >= 11 is 3.25. The van der Waals surface area contributed by atoms with Crippen molar-refractivity contribution >= 4 is 27.7 Å². The molecule has 0 atom stereocenters. The van der Waals surface area contributed by atoms with Gasteiger partial charge in [0, 0.05) is 38.9 Å². The number of aryl methyl sites for hydroxylation is 2. The van der Waals surface area contributed by atoms with Crippen LogP contribution in [0.3, 0.4) is 0 Å². The minimum absolute atomic E-state index is 0.293. The third kappa shape index (κ3) is 6.67. The Morgan fingerprint density at radius 2 is 1.69 bits per heavy atom. The molecule has 2 aromatic rings. The zero-order valence-corrected chi connectivity index (χ0v) is 22.2. The number of halogens is 4. The molecule has 192 valence electrons. The van der Waals surface area contributed by atoms with Gasteiger partial charge in [-0.1, -0.05) is 12.1 Å². The number of alkyl halides is 3. The maximum atomic E-state index is 12.9. The van der Waals surface area contributed by atoms with Crippen LogP contribution in [0, 0.1) is 13.8 Å². The molecule has 10 heteroatoms. The lowest BCUT2D eigenvalue weighted by Gasteiger charge is -2.36. The first kappa shape index (κ1) is 27.3. The second-order valence-electron chi connectivity index (χ2n) is 9.18. The molecular weight excluding hydrogens is 527 g/mol. The van der Waals surface area contributed by atoms with Crippen molar-refractivity contribution < 1.29 is 27.4 Å². The van der Waals surface area contributed by atoms with Gasteiger partial charge in [0.1, 0.15) is 11.6 Å². The lowest BCUT2D eigenvalue weighted by atomic mass is 10.0. The number of piperazine rings is 1. The van der Waals surface area contributed by atoms with E-state index in [9.17, 15) is 18.0 Å². The van der Waals surface area contributed by atoms with E-state index in [2.05, 4.69) is 37.9 Å². The Morgan fingerprint density at radius 3 is 2.20 bits per heavy atom. The summed E-state index contributed by atoms with van der Waals surface area (Å²) in [5.41, 5.74) is 1.14. The molecule has 2 heterocycles. The molecule has 0 N–H and O–H groups in total. The first-order valence-corrected chi connectivity index (χ1v) is 12.3. The normalized spacial score (nSPS) is 15.3. The fourth-order valence-corrected chi connectivity index (χ4v) is 4.69. The summed E-state index contributed by atoms with van der Waals surface area (Å²) in [6.07, 6.45) is -3.54. The van der Waals surface area contributed by atoms with Crippen LogP contribution in [0.1, 0.15) is 43.0 Å². The quantitative estimate of drug-likeness (QED) is 0.418. The van der Waals surface area contributed by atoms with Crippen LogP contribution in [0.25, 0.3) is 0 Å². The zero-order chi connectivity index (χ0) is 26.0. The molecule has 0 unspecified atom stereocenters. The van der Waals surface area contributed by atoms with E-state index in [-0.39, 0.29) is 0 Å². The van der Waals surface area contributed by atoms with Crippen molar-refractivity contribution in [3.63, 3.8) is 0 Å². The monoisotopic (exact) mass is 557 g/mol. The number of nitrogens with zero attached hydrogens (tertiary/aromatic N) is 3. The first-order chi connectivity index (χ1) is 16.3. The van der Waals surface area contributed by atoms with Crippen molar-refractivity contribution in [1.82, 2.24) is 9.88 Å². The average Bonchev–Trinajstić information content (AvgIpc) is 2.76. The van der Waals surface area contributed by atoms with E-state index < -0.39 is 23.3 Å². The third-order valence-corrected chi connectivity index (χ3v) is 6.45. The van der Waals surface area contributed by atoms with E-state index in [0.717, 1.165) is 48.6 Å². The number of ether oxygens (including phenoxy) is 2. The Bertz CT molecular complexity index is 1040. The van der Waals surface area contributed by atoms with E-state index in [4.69, 9.17) is 9.47 Å². The highest BCUT2D eigenvalue weighted by Gasteiger charge is 2.33.